The standard InChI is InChI=1S/C14H9BrClF2NO/c15-12-5-9(16)2-4-11(12)14(20)19-7-8-1-3-10(17)6-13(8)18/h1-6H,7H2,(H,19,20). The van der Waals surface area contributed by atoms with Crippen molar-refractivity contribution in [3.8, 4) is 0 Å². The van der Waals surface area contributed by atoms with Crippen molar-refractivity contribution in [3.63, 3.8) is 0 Å². The highest BCUT2D eigenvalue weighted by Crippen LogP contribution is 2.21. The molecule has 2 rings (SSSR count). The van der Waals surface area contributed by atoms with Crippen LogP contribution < -0.4 is 5.32 Å². The Morgan fingerprint density at radius 2 is 1.95 bits per heavy atom. The van der Waals surface area contributed by atoms with Crippen LogP contribution in [0.3, 0.4) is 0 Å². The van der Waals surface area contributed by atoms with Gasteiger partial charge in [0.1, 0.15) is 11.6 Å². The van der Waals surface area contributed by atoms with E-state index in [1.54, 1.807) is 18.2 Å². The van der Waals surface area contributed by atoms with Crippen LogP contribution in [-0.4, -0.2) is 5.91 Å². The largest absolute Gasteiger partial charge is 0.348 e. The van der Waals surface area contributed by atoms with Gasteiger partial charge in [-0.15, -0.1) is 0 Å². The van der Waals surface area contributed by atoms with E-state index in [1.165, 1.54) is 6.07 Å². The van der Waals surface area contributed by atoms with E-state index >= 15 is 0 Å². The number of carbonyl (C=O) groups excluding carboxylic acids is 1. The average Bonchev–Trinajstić information content (AvgIpc) is 2.37. The van der Waals surface area contributed by atoms with Crippen LogP contribution >= 0.6 is 27.5 Å². The Kier molecular flexibility index (Phi) is 4.73. The molecule has 2 nitrogen and oxygen atoms in total. The first-order valence-corrected chi connectivity index (χ1v) is 6.81. The molecule has 0 atom stereocenters. The van der Waals surface area contributed by atoms with Crippen LogP contribution in [0, 0.1) is 11.6 Å². The van der Waals surface area contributed by atoms with Gasteiger partial charge in [-0.25, -0.2) is 8.78 Å². The zero-order chi connectivity index (χ0) is 14.7. The Bertz CT molecular complexity index is 664. The van der Waals surface area contributed by atoms with Crippen LogP contribution in [0.5, 0.6) is 0 Å². The highest BCUT2D eigenvalue weighted by Gasteiger charge is 2.11. The molecule has 0 heterocycles. The molecule has 0 spiro atoms. The number of nitrogens with one attached hydrogen (secondary N) is 1. The Hall–Kier alpha value is -1.46. The topological polar surface area (TPSA) is 29.1 Å². The van der Waals surface area contributed by atoms with E-state index in [2.05, 4.69) is 21.2 Å². The molecular formula is C14H9BrClF2NO. The quantitative estimate of drug-likeness (QED) is 0.868. The predicted octanol–water partition coefficient (Wildman–Crippen LogP) is 4.31. The van der Waals surface area contributed by atoms with Crippen molar-refractivity contribution < 1.29 is 13.6 Å². The first-order chi connectivity index (χ1) is 9.47. The number of carbonyl (C=O) groups is 1. The lowest BCUT2D eigenvalue weighted by Crippen LogP contribution is -2.23. The summed E-state index contributed by atoms with van der Waals surface area (Å²) < 4.78 is 26.7. The SMILES string of the molecule is O=C(NCc1ccc(F)cc1F)c1ccc(Cl)cc1Br. The fourth-order valence-electron chi connectivity index (χ4n) is 1.61. The van der Waals surface area contributed by atoms with E-state index < -0.39 is 11.6 Å². The van der Waals surface area contributed by atoms with Crippen LogP contribution in [-0.2, 0) is 6.54 Å². The Morgan fingerprint density at radius 1 is 1.20 bits per heavy atom. The van der Waals surface area contributed by atoms with E-state index in [0.29, 0.717) is 15.1 Å². The van der Waals surface area contributed by atoms with E-state index in [9.17, 15) is 13.6 Å². The Morgan fingerprint density at radius 3 is 2.60 bits per heavy atom. The van der Waals surface area contributed by atoms with Gasteiger partial charge in [-0.2, -0.15) is 0 Å². The third-order valence-corrected chi connectivity index (χ3v) is 3.52. The van der Waals surface area contributed by atoms with Crippen LogP contribution in [0.25, 0.3) is 0 Å². The number of rotatable bonds is 3. The van der Waals surface area contributed by atoms with E-state index in [4.69, 9.17) is 11.6 Å². The highest BCUT2D eigenvalue weighted by molar-refractivity contribution is 9.10. The molecule has 1 N–H and O–H groups in total. The van der Waals surface area contributed by atoms with Crippen LogP contribution in [0.4, 0.5) is 8.78 Å². The summed E-state index contributed by atoms with van der Waals surface area (Å²) in [7, 11) is 0. The van der Waals surface area contributed by atoms with Gasteiger partial charge in [0, 0.05) is 27.7 Å². The van der Waals surface area contributed by atoms with E-state index in [1.807, 2.05) is 0 Å². The summed E-state index contributed by atoms with van der Waals surface area (Å²) >= 11 is 9.01. The van der Waals surface area contributed by atoms with E-state index in [0.717, 1.165) is 12.1 Å². The molecule has 2 aromatic rings. The summed E-state index contributed by atoms with van der Waals surface area (Å²) in [6, 6.07) is 7.95. The number of hydrogen-bond acceptors (Lipinski definition) is 1. The summed E-state index contributed by atoms with van der Waals surface area (Å²) in [5, 5.41) is 3.06. The maximum Gasteiger partial charge on any atom is 0.252 e. The van der Waals surface area contributed by atoms with Gasteiger partial charge in [0.2, 0.25) is 0 Å². The Balaban J connectivity index is 2.08. The second-order valence-corrected chi connectivity index (χ2v) is 5.33. The smallest absolute Gasteiger partial charge is 0.252 e. The molecule has 0 saturated carbocycles. The average molecular weight is 361 g/mol. The summed E-state index contributed by atoms with van der Waals surface area (Å²) in [6.07, 6.45) is 0. The minimum Gasteiger partial charge on any atom is -0.348 e. The first-order valence-electron chi connectivity index (χ1n) is 5.64. The van der Waals surface area contributed by atoms with Crippen LogP contribution in [0.1, 0.15) is 15.9 Å². The molecule has 104 valence electrons. The third kappa shape index (κ3) is 3.55. The van der Waals surface area contributed by atoms with Crippen molar-refractivity contribution in [1.82, 2.24) is 5.32 Å². The lowest BCUT2D eigenvalue weighted by molar-refractivity contribution is 0.0950. The molecule has 0 radical (unpaired) electrons. The molecule has 0 unspecified atom stereocenters. The summed E-state index contributed by atoms with van der Waals surface area (Å²) in [5.41, 5.74) is 0.599. The number of amides is 1. The molecule has 0 bridgehead atoms. The third-order valence-electron chi connectivity index (χ3n) is 2.63. The first kappa shape index (κ1) is 14.9. The van der Waals surface area contributed by atoms with Crippen molar-refractivity contribution in [2.75, 3.05) is 0 Å². The van der Waals surface area contributed by atoms with Gasteiger partial charge in [-0.3, -0.25) is 4.79 Å². The molecule has 0 aliphatic rings. The molecule has 0 aliphatic heterocycles. The number of hydrogen-bond donors (Lipinski definition) is 1. The maximum atomic E-state index is 13.4. The minimum absolute atomic E-state index is 0.0278. The van der Waals surface area contributed by atoms with Crippen molar-refractivity contribution in [3.05, 3.63) is 68.7 Å². The van der Waals surface area contributed by atoms with Gasteiger partial charge in [0.05, 0.1) is 5.56 Å². The number of benzene rings is 2. The summed E-state index contributed by atoms with van der Waals surface area (Å²) in [6.45, 7) is -0.0278. The van der Waals surface area contributed by atoms with E-state index in [-0.39, 0.29) is 18.0 Å². The lowest BCUT2D eigenvalue weighted by Gasteiger charge is -2.08. The lowest BCUT2D eigenvalue weighted by atomic mass is 10.2. The van der Waals surface area contributed by atoms with Gasteiger partial charge >= 0.3 is 0 Å². The normalized spacial score (nSPS) is 10.4. The molecule has 0 aromatic heterocycles. The van der Waals surface area contributed by atoms with Gasteiger partial charge in [0.15, 0.2) is 0 Å². The van der Waals surface area contributed by atoms with Gasteiger partial charge < -0.3 is 5.32 Å². The molecule has 6 heteroatoms. The molecule has 0 aliphatic carbocycles. The van der Waals surface area contributed by atoms with Gasteiger partial charge in [-0.05, 0) is 40.2 Å². The number of halogens is 4. The monoisotopic (exact) mass is 359 g/mol. The molecule has 2 aromatic carbocycles. The second-order valence-electron chi connectivity index (χ2n) is 4.04. The highest BCUT2D eigenvalue weighted by atomic mass is 79.9. The Labute approximate surface area is 127 Å². The summed E-state index contributed by atoms with van der Waals surface area (Å²) in [4.78, 5) is 11.9. The second kappa shape index (κ2) is 6.33. The fourth-order valence-corrected chi connectivity index (χ4v) is 2.47. The molecular weight excluding hydrogens is 352 g/mol. The zero-order valence-electron chi connectivity index (χ0n) is 10.1. The maximum absolute atomic E-state index is 13.4. The van der Waals surface area contributed by atoms with Crippen LogP contribution in [0.15, 0.2) is 40.9 Å². The predicted molar refractivity (Wildman–Crippen MR) is 76.7 cm³/mol. The van der Waals surface area contributed by atoms with Crippen molar-refractivity contribution in [1.29, 1.82) is 0 Å². The molecule has 1 amide bonds. The fraction of sp³-hybridized carbons (Fsp3) is 0.0714. The van der Waals surface area contributed by atoms with Crippen molar-refractivity contribution in [2.45, 2.75) is 6.54 Å². The van der Waals surface area contributed by atoms with Gasteiger partial charge in [-0.1, -0.05) is 17.7 Å². The van der Waals surface area contributed by atoms with Crippen molar-refractivity contribution in [2.24, 2.45) is 0 Å². The van der Waals surface area contributed by atoms with Gasteiger partial charge in [0.25, 0.3) is 5.91 Å². The zero-order valence-corrected chi connectivity index (χ0v) is 12.4. The van der Waals surface area contributed by atoms with Crippen LogP contribution in [0.2, 0.25) is 5.02 Å². The summed E-state index contributed by atoms with van der Waals surface area (Å²) in [5.74, 6) is -1.73. The van der Waals surface area contributed by atoms with Crippen molar-refractivity contribution >= 4 is 33.4 Å². The minimum atomic E-state index is -0.694. The molecule has 0 saturated heterocycles. The molecule has 20 heavy (non-hydrogen) atoms. The molecule has 0 fully saturated rings.